The first-order chi connectivity index (χ1) is 13.4. The summed E-state index contributed by atoms with van der Waals surface area (Å²) in [7, 11) is 0. The highest BCUT2D eigenvalue weighted by Crippen LogP contribution is 2.35. The summed E-state index contributed by atoms with van der Waals surface area (Å²) in [6, 6.07) is 5.94. The maximum atomic E-state index is 13.1. The number of carbonyl (C=O) groups excluding carboxylic acids is 3. The number of imide groups is 1. The van der Waals surface area contributed by atoms with E-state index in [4.69, 9.17) is 0 Å². The minimum Gasteiger partial charge on any atom is -0.334 e. The first kappa shape index (κ1) is 19.0. The molecule has 1 N–H and O–H groups in total. The normalized spacial score (nSPS) is 24.1. The molecule has 4 amide bonds. The van der Waals surface area contributed by atoms with Crippen molar-refractivity contribution >= 4 is 17.8 Å². The van der Waals surface area contributed by atoms with E-state index in [1.165, 1.54) is 11.1 Å². The Bertz CT molecular complexity index is 813. The first-order valence-corrected chi connectivity index (χ1v) is 10.4. The number of carbonyl (C=O) groups is 3. The standard InChI is InChI=1S/C22H29N3O3/c1-15-8-9-17(13-16(15)2)18-7-6-12-24(18)19(26)14-25-20(27)22(23-21(25)28)10-4-3-5-11-22/h8-9,13,18H,3-7,10-12,14H2,1-2H3,(H,23,28). The lowest BCUT2D eigenvalue weighted by molar-refractivity contribution is -0.140. The van der Waals surface area contributed by atoms with Gasteiger partial charge in [0.15, 0.2) is 0 Å². The summed E-state index contributed by atoms with van der Waals surface area (Å²) in [4.78, 5) is 41.5. The Morgan fingerprint density at radius 2 is 1.86 bits per heavy atom. The van der Waals surface area contributed by atoms with Crippen LogP contribution in [0.5, 0.6) is 0 Å². The van der Waals surface area contributed by atoms with Crippen molar-refractivity contribution < 1.29 is 14.4 Å². The fraction of sp³-hybridized carbons (Fsp3) is 0.591. The molecule has 1 aliphatic carbocycles. The second-order valence-electron chi connectivity index (χ2n) is 8.55. The summed E-state index contributed by atoms with van der Waals surface area (Å²) in [6.07, 6.45) is 6.18. The van der Waals surface area contributed by atoms with Gasteiger partial charge in [-0.2, -0.15) is 0 Å². The number of hydrogen-bond acceptors (Lipinski definition) is 3. The average molecular weight is 383 g/mol. The molecule has 1 aromatic rings. The molecule has 0 bridgehead atoms. The maximum Gasteiger partial charge on any atom is 0.325 e. The van der Waals surface area contributed by atoms with Crippen LogP contribution in [0.1, 0.15) is 67.7 Å². The highest BCUT2D eigenvalue weighted by molar-refractivity contribution is 6.09. The fourth-order valence-electron chi connectivity index (χ4n) is 4.92. The number of nitrogens with one attached hydrogen (secondary N) is 1. The third-order valence-electron chi connectivity index (χ3n) is 6.74. The number of hydrogen-bond donors (Lipinski definition) is 1. The van der Waals surface area contributed by atoms with Crippen molar-refractivity contribution in [2.75, 3.05) is 13.1 Å². The van der Waals surface area contributed by atoms with E-state index in [0.717, 1.165) is 42.6 Å². The smallest absolute Gasteiger partial charge is 0.325 e. The van der Waals surface area contributed by atoms with Gasteiger partial charge in [-0.05, 0) is 56.2 Å². The Morgan fingerprint density at radius 3 is 2.57 bits per heavy atom. The molecule has 2 heterocycles. The molecule has 3 fully saturated rings. The second kappa shape index (κ2) is 7.22. The molecule has 1 atom stereocenters. The van der Waals surface area contributed by atoms with E-state index in [9.17, 15) is 14.4 Å². The molecular weight excluding hydrogens is 354 g/mol. The molecule has 6 heteroatoms. The number of nitrogens with zero attached hydrogens (tertiary/aromatic N) is 2. The van der Waals surface area contributed by atoms with Crippen molar-refractivity contribution in [2.24, 2.45) is 0 Å². The molecule has 0 radical (unpaired) electrons. The van der Waals surface area contributed by atoms with Crippen molar-refractivity contribution in [1.29, 1.82) is 0 Å². The largest absolute Gasteiger partial charge is 0.334 e. The minimum atomic E-state index is -0.770. The van der Waals surface area contributed by atoms with Gasteiger partial charge in [0.1, 0.15) is 12.1 Å². The van der Waals surface area contributed by atoms with Gasteiger partial charge in [-0.25, -0.2) is 4.79 Å². The zero-order chi connectivity index (χ0) is 19.9. The third kappa shape index (κ3) is 3.19. The summed E-state index contributed by atoms with van der Waals surface area (Å²) in [5.41, 5.74) is 2.81. The number of benzene rings is 1. The summed E-state index contributed by atoms with van der Waals surface area (Å²) < 4.78 is 0. The maximum absolute atomic E-state index is 13.1. The minimum absolute atomic E-state index is 0.0243. The van der Waals surface area contributed by atoms with Crippen LogP contribution in [-0.4, -0.2) is 46.3 Å². The molecule has 28 heavy (non-hydrogen) atoms. The molecular formula is C22H29N3O3. The van der Waals surface area contributed by atoms with Crippen LogP contribution in [0.3, 0.4) is 0 Å². The van der Waals surface area contributed by atoms with Gasteiger partial charge < -0.3 is 10.2 Å². The van der Waals surface area contributed by atoms with Crippen molar-refractivity contribution in [2.45, 2.75) is 70.4 Å². The molecule has 3 aliphatic rings. The van der Waals surface area contributed by atoms with Crippen LogP contribution in [0.4, 0.5) is 4.79 Å². The van der Waals surface area contributed by atoms with Crippen molar-refractivity contribution in [3.05, 3.63) is 34.9 Å². The van der Waals surface area contributed by atoms with Gasteiger partial charge in [-0.1, -0.05) is 37.5 Å². The second-order valence-corrected chi connectivity index (χ2v) is 8.55. The van der Waals surface area contributed by atoms with Crippen molar-refractivity contribution in [3.8, 4) is 0 Å². The molecule has 1 unspecified atom stereocenters. The molecule has 2 aliphatic heterocycles. The lowest BCUT2D eigenvalue weighted by atomic mass is 9.82. The number of rotatable bonds is 3. The topological polar surface area (TPSA) is 69.7 Å². The predicted molar refractivity (Wildman–Crippen MR) is 106 cm³/mol. The van der Waals surface area contributed by atoms with Crippen LogP contribution in [0, 0.1) is 13.8 Å². The summed E-state index contributed by atoms with van der Waals surface area (Å²) in [5.74, 6) is -0.357. The monoisotopic (exact) mass is 383 g/mol. The molecule has 4 rings (SSSR count). The molecule has 1 saturated carbocycles. The van der Waals surface area contributed by atoms with E-state index in [1.807, 2.05) is 4.90 Å². The highest BCUT2D eigenvalue weighted by Gasteiger charge is 2.52. The van der Waals surface area contributed by atoms with E-state index in [-0.39, 0.29) is 24.4 Å². The Balaban J connectivity index is 1.49. The molecule has 2 saturated heterocycles. The molecule has 1 spiro atoms. The highest BCUT2D eigenvalue weighted by atomic mass is 16.2. The Kier molecular flexibility index (Phi) is 4.89. The van der Waals surface area contributed by atoms with Crippen LogP contribution < -0.4 is 5.32 Å². The number of urea groups is 1. The SMILES string of the molecule is Cc1ccc(C2CCCN2C(=O)CN2C(=O)NC3(CCCCC3)C2=O)cc1C. The van der Waals surface area contributed by atoms with Gasteiger partial charge in [0.2, 0.25) is 5.91 Å². The van der Waals surface area contributed by atoms with E-state index in [1.54, 1.807) is 0 Å². The number of likely N-dealkylation sites (tertiary alicyclic amines) is 1. The lowest BCUT2D eigenvalue weighted by Gasteiger charge is -2.31. The average Bonchev–Trinajstić information content (AvgIpc) is 3.25. The van der Waals surface area contributed by atoms with Crippen LogP contribution in [0.25, 0.3) is 0 Å². The van der Waals surface area contributed by atoms with Crippen LogP contribution >= 0.6 is 0 Å². The number of amides is 4. The van der Waals surface area contributed by atoms with Crippen LogP contribution in [0.2, 0.25) is 0 Å². The van der Waals surface area contributed by atoms with Crippen molar-refractivity contribution in [3.63, 3.8) is 0 Å². The third-order valence-corrected chi connectivity index (χ3v) is 6.74. The van der Waals surface area contributed by atoms with Gasteiger partial charge in [0.25, 0.3) is 5.91 Å². The Hall–Kier alpha value is -2.37. The summed E-state index contributed by atoms with van der Waals surface area (Å²) >= 11 is 0. The Labute approximate surface area is 166 Å². The van der Waals surface area contributed by atoms with Gasteiger partial charge in [-0.15, -0.1) is 0 Å². The van der Waals surface area contributed by atoms with E-state index >= 15 is 0 Å². The van der Waals surface area contributed by atoms with E-state index < -0.39 is 11.6 Å². The zero-order valence-electron chi connectivity index (χ0n) is 16.8. The van der Waals surface area contributed by atoms with Gasteiger partial charge in [0.05, 0.1) is 6.04 Å². The van der Waals surface area contributed by atoms with Crippen LogP contribution in [-0.2, 0) is 9.59 Å². The molecule has 1 aromatic carbocycles. The molecule has 150 valence electrons. The van der Waals surface area contributed by atoms with Crippen molar-refractivity contribution in [1.82, 2.24) is 15.1 Å². The summed E-state index contributed by atoms with van der Waals surface area (Å²) in [6.45, 7) is 4.67. The van der Waals surface area contributed by atoms with Gasteiger partial charge >= 0.3 is 6.03 Å². The number of aryl methyl sites for hydroxylation is 2. The van der Waals surface area contributed by atoms with E-state index in [2.05, 4.69) is 37.4 Å². The lowest BCUT2D eigenvalue weighted by Crippen LogP contribution is -2.49. The van der Waals surface area contributed by atoms with Gasteiger partial charge in [0, 0.05) is 6.54 Å². The van der Waals surface area contributed by atoms with Crippen LogP contribution in [0.15, 0.2) is 18.2 Å². The zero-order valence-corrected chi connectivity index (χ0v) is 16.8. The van der Waals surface area contributed by atoms with Gasteiger partial charge in [-0.3, -0.25) is 14.5 Å². The Morgan fingerprint density at radius 1 is 1.11 bits per heavy atom. The van der Waals surface area contributed by atoms with E-state index in [0.29, 0.717) is 19.4 Å². The summed E-state index contributed by atoms with van der Waals surface area (Å²) in [5, 5.41) is 2.89. The fourth-order valence-corrected chi connectivity index (χ4v) is 4.92. The molecule has 0 aromatic heterocycles. The quantitative estimate of drug-likeness (QED) is 0.815. The first-order valence-electron chi connectivity index (χ1n) is 10.4. The molecule has 6 nitrogen and oxygen atoms in total. The predicted octanol–water partition coefficient (Wildman–Crippen LogP) is 3.22.